The van der Waals surface area contributed by atoms with Crippen molar-refractivity contribution in [2.75, 3.05) is 5.32 Å². The number of hydrogen-bond acceptors (Lipinski definition) is 5. The fourth-order valence-electron chi connectivity index (χ4n) is 2.91. The van der Waals surface area contributed by atoms with Crippen molar-refractivity contribution in [3.63, 3.8) is 0 Å². The Bertz CT molecular complexity index is 1060. The van der Waals surface area contributed by atoms with Crippen LogP contribution in [0.15, 0.2) is 34.9 Å². The molecule has 1 N–H and O–H groups in total. The van der Waals surface area contributed by atoms with Crippen molar-refractivity contribution in [2.45, 2.75) is 33.4 Å². The molecule has 0 bridgehead atoms. The number of halogens is 2. The molecule has 0 fully saturated rings. The molecule has 3 rings (SSSR count). The van der Waals surface area contributed by atoms with Gasteiger partial charge in [0.1, 0.15) is 11.4 Å². The molecule has 0 spiro atoms. The van der Waals surface area contributed by atoms with Gasteiger partial charge in [-0.3, -0.25) is 24.3 Å². The molecule has 0 atom stereocenters. The maximum absolute atomic E-state index is 12.3. The van der Waals surface area contributed by atoms with Crippen LogP contribution in [-0.2, 0) is 17.9 Å². The number of benzene rings is 1. The predicted molar refractivity (Wildman–Crippen MR) is 112 cm³/mol. The van der Waals surface area contributed by atoms with E-state index in [-0.39, 0.29) is 24.6 Å². The van der Waals surface area contributed by atoms with Gasteiger partial charge in [-0.25, -0.2) is 0 Å². The first kappa shape index (κ1) is 21.0. The summed E-state index contributed by atoms with van der Waals surface area (Å²) in [4.78, 5) is 22.9. The van der Waals surface area contributed by atoms with Crippen LogP contribution in [0, 0.1) is 24.0 Å². The van der Waals surface area contributed by atoms with E-state index in [2.05, 4.69) is 31.4 Å². The lowest BCUT2D eigenvalue weighted by Gasteiger charge is -2.05. The zero-order valence-electron chi connectivity index (χ0n) is 15.7. The van der Waals surface area contributed by atoms with Crippen molar-refractivity contribution in [1.82, 2.24) is 19.6 Å². The highest BCUT2D eigenvalue weighted by Crippen LogP contribution is 2.23. The third-order valence-corrected chi connectivity index (χ3v) is 5.14. The number of nitrogens with zero attached hydrogens (tertiary/aromatic N) is 5. The van der Waals surface area contributed by atoms with E-state index < -0.39 is 4.92 Å². The van der Waals surface area contributed by atoms with Crippen molar-refractivity contribution in [3.05, 3.63) is 67.0 Å². The second-order valence-corrected chi connectivity index (χ2v) is 7.74. The SMILES string of the molecule is Cc1nn(CCC(=O)Nc2nn(Cc3ccc(Cl)cc3)cc2Br)c(C)c1[N+](=O)[O-]. The first-order valence-electron chi connectivity index (χ1n) is 8.70. The number of aryl methyl sites for hydroxylation is 2. The zero-order chi connectivity index (χ0) is 21.1. The Labute approximate surface area is 179 Å². The zero-order valence-corrected chi connectivity index (χ0v) is 18.1. The Balaban J connectivity index is 1.61. The molecule has 0 aliphatic rings. The number of hydrogen-bond donors (Lipinski definition) is 1. The smallest absolute Gasteiger partial charge is 0.308 e. The molecule has 0 aliphatic heterocycles. The third-order valence-electron chi connectivity index (χ3n) is 4.31. The summed E-state index contributed by atoms with van der Waals surface area (Å²) in [6, 6.07) is 7.43. The average Bonchev–Trinajstić information content (AvgIpc) is 3.13. The Morgan fingerprint density at radius 3 is 2.59 bits per heavy atom. The third kappa shape index (κ3) is 5.01. The molecule has 0 saturated heterocycles. The lowest BCUT2D eigenvalue weighted by molar-refractivity contribution is -0.386. The van der Waals surface area contributed by atoms with Crippen LogP contribution in [0.4, 0.5) is 11.5 Å². The number of amides is 1. The topological polar surface area (TPSA) is 108 Å². The second-order valence-electron chi connectivity index (χ2n) is 6.45. The second kappa shape index (κ2) is 8.75. The van der Waals surface area contributed by atoms with Crippen molar-refractivity contribution in [3.8, 4) is 0 Å². The van der Waals surface area contributed by atoms with Crippen molar-refractivity contribution >= 4 is 44.9 Å². The molecule has 0 radical (unpaired) electrons. The normalized spacial score (nSPS) is 10.9. The Hall–Kier alpha value is -2.72. The van der Waals surface area contributed by atoms with Gasteiger partial charge < -0.3 is 5.32 Å². The molecule has 152 valence electrons. The number of rotatable bonds is 7. The molecule has 2 heterocycles. The summed E-state index contributed by atoms with van der Waals surface area (Å²) in [5, 5.41) is 23.0. The van der Waals surface area contributed by atoms with Crippen LogP contribution >= 0.6 is 27.5 Å². The van der Waals surface area contributed by atoms with Crippen LogP contribution in [0.3, 0.4) is 0 Å². The Morgan fingerprint density at radius 1 is 1.28 bits per heavy atom. The van der Waals surface area contributed by atoms with Gasteiger partial charge in [0.25, 0.3) is 0 Å². The fourth-order valence-corrected chi connectivity index (χ4v) is 3.45. The first-order valence-corrected chi connectivity index (χ1v) is 9.87. The van der Waals surface area contributed by atoms with Gasteiger partial charge in [0.2, 0.25) is 5.91 Å². The maximum atomic E-state index is 12.3. The molecule has 0 aliphatic carbocycles. The van der Waals surface area contributed by atoms with E-state index in [1.54, 1.807) is 36.9 Å². The van der Waals surface area contributed by atoms with E-state index in [9.17, 15) is 14.9 Å². The quantitative estimate of drug-likeness (QED) is 0.404. The van der Waals surface area contributed by atoms with Crippen molar-refractivity contribution in [1.29, 1.82) is 0 Å². The van der Waals surface area contributed by atoms with E-state index in [1.165, 1.54) is 4.68 Å². The Kier molecular flexibility index (Phi) is 6.33. The fraction of sp³-hybridized carbons (Fsp3) is 0.278. The molecule has 29 heavy (non-hydrogen) atoms. The molecule has 1 aromatic carbocycles. The lowest BCUT2D eigenvalue weighted by Crippen LogP contribution is -2.16. The van der Waals surface area contributed by atoms with E-state index in [0.29, 0.717) is 33.2 Å². The summed E-state index contributed by atoms with van der Waals surface area (Å²) in [5.74, 6) is 0.140. The van der Waals surface area contributed by atoms with Gasteiger partial charge >= 0.3 is 5.69 Å². The summed E-state index contributed by atoms with van der Waals surface area (Å²) < 4.78 is 3.83. The monoisotopic (exact) mass is 480 g/mol. The van der Waals surface area contributed by atoms with Crippen molar-refractivity contribution < 1.29 is 9.72 Å². The van der Waals surface area contributed by atoms with Gasteiger partial charge in [0, 0.05) is 17.6 Å². The molecular weight excluding hydrogens is 464 g/mol. The highest BCUT2D eigenvalue weighted by atomic mass is 79.9. The van der Waals surface area contributed by atoms with E-state index in [1.807, 2.05) is 12.1 Å². The number of nitro groups is 1. The largest absolute Gasteiger partial charge is 0.312 e. The van der Waals surface area contributed by atoms with Crippen LogP contribution in [0.2, 0.25) is 5.02 Å². The Morgan fingerprint density at radius 2 is 1.97 bits per heavy atom. The van der Waals surface area contributed by atoms with Gasteiger partial charge in [-0.15, -0.1) is 0 Å². The van der Waals surface area contributed by atoms with Gasteiger partial charge in [0.05, 0.1) is 22.5 Å². The minimum Gasteiger partial charge on any atom is -0.308 e. The summed E-state index contributed by atoms with van der Waals surface area (Å²) in [6.45, 7) is 3.95. The van der Waals surface area contributed by atoms with Gasteiger partial charge in [0.15, 0.2) is 5.82 Å². The van der Waals surface area contributed by atoms with Crippen LogP contribution in [0.25, 0.3) is 0 Å². The lowest BCUT2D eigenvalue weighted by atomic mass is 10.2. The summed E-state index contributed by atoms with van der Waals surface area (Å²) in [6.07, 6.45) is 1.88. The van der Waals surface area contributed by atoms with E-state index >= 15 is 0 Å². The van der Waals surface area contributed by atoms with E-state index in [4.69, 9.17) is 11.6 Å². The predicted octanol–water partition coefficient (Wildman–Crippen LogP) is 4.10. The molecule has 3 aromatic rings. The van der Waals surface area contributed by atoms with Gasteiger partial charge in [-0.2, -0.15) is 10.2 Å². The number of nitrogens with one attached hydrogen (secondary N) is 1. The standard InChI is InChI=1S/C18H18BrClN6O3/c1-11-17(26(28)29)12(2)25(22-11)8-7-16(27)21-18-15(19)10-24(23-18)9-13-3-5-14(20)6-4-13/h3-6,10H,7-9H2,1-2H3,(H,21,23,27). The molecule has 11 heteroatoms. The number of aromatic nitrogens is 4. The molecule has 1 amide bonds. The molecule has 0 unspecified atom stereocenters. The minimum absolute atomic E-state index is 0.0194. The van der Waals surface area contributed by atoms with E-state index in [0.717, 1.165) is 5.56 Å². The molecule has 0 saturated carbocycles. The molecular formula is C18H18BrClN6O3. The first-order chi connectivity index (χ1) is 13.7. The number of carbonyl (C=O) groups is 1. The number of anilines is 1. The average molecular weight is 482 g/mol. The molecule has 9 nitrogen and oxygen atoms in total. The summed E-state index contributed by atoms with van der Waals surface area (Å²) >= 11 is 9.29. The summed E-state index contributed by atoms with van der Waals surface area (Å²) in [7, 11) is 0. The maximum Gasteiger partial charge on any atom is 0.312 e. The minimum atomic E-state index is -0.460. The van der Waals surface area contributed by atoms with Gasteiger partial charge in [-0.05, 0) is 47.5 Å². The highest BCUT2D eigenvalue weighted by Gasteiger charge is 2.22. The van der Waals surface area contributed by atoms with Crippen LogP contribution in [0.1, 0.15) is 23.4 Å². The summed E-state index contributed by atoms with van der Waals surface area (Å²) in [5.41, 5.74) is 1.76. The van der Waals surface area contributed by atoms with Crippen LogP contribution in [0.5, 0.6) is 0 Å². The molecule has 2 aromatic heterocycles. The van der Waals surface area contributed by atoms with Crippen LogP contribution in [-0.4, -0.2) is 30.4 Å². The van der Waals surface area contributed by atoms with Gasteiger partial charge in [-0.1, -0.05) is 23.7 Å². The highest BCUT2D eigenvalue weighted by molar-refractivity contribution is 9.10. The van der Waals surface area contributed by atoms with Crippen LogP contribution < -0.4 is 5.32 Å². The number of carbonyl (C=O) groups excluding carboxylic acids is 1. The van der Waals surface area contributed by atoms with Crippen molar-refractivity contribution in [2.24, 2.45) is 0 Å².